The van der Waals surface area contributed by atoms with Crippen molar-refractivity contribution in [2.45, 2.75) is 13.3 Å². The smallest absolute Gasteiger partial charge is 0.491 e. The van der Waals surface area contributed by atoms with E-state index in [-0.39, 0.29) is 12.4 Å². The molecule has 0 spiro atoms. The van der Waals surface area contributed by atoms with E-state index in [0.717, 1.165) is 12.1 Å². The van der Waals surface area contributed by atoms with Crippen LogP contribution in [0.15, 0.2) is 18.2 Å². The first-order chi connectivity index (χ1) is 6.92. The van der Waals surface area contributed by atoms with E-state index in [2.05, 4.69) is 4.74 Å². The molecule has 0 radical (unpaired) electrons. The van der Waals surface area contributed by atoms with Crippen LogP contribution in [0.1, 0.15) is 6.92 Å². The zero-order valence-corrected chi connectivity index (χ0v) is 7.77. The van der Waals surface area contributed by atoms with E-state index in [1.807, 2.05) is 0 Å². The van der Waals surface area contributed by atoms with E-state index in [1.54, 1.807) is 6.92 Å². The highest BCUT2D eigenvalue weighted by Gasteiger charge is 2.31. The van der Waals surface area contributed by atoms with Crippen LogP contribution in [-0.4, -0.2) is 13.0 Å². The largest absolute Gasteiger partial charge is 0.573 e. The van der Waals surface area contributed by atoms with Crippen molar-refractivity contribution in [1.29, 1.82) is 0 Å². The Bertz CT molecular complexity index is 335. The van der Waals surface area contributed by atoms with Gasteiger partial charge in [-0.05, 0) is 19.1 Å². The van der Waals surface area contributed by atoms with Crippen molar-refractivity contribution in [3.05, 3.63) is 24.0 Å². The van der Waals surface area contributed by atoms with Crippen LogP contribution in [0, 0.1) is 5.82 Å². The molecule has 0 heterocycles. The third-order valence-corrected chi connectivity index (χ3v) is 1.44. The second-order valence-electron chi connectivity index (χ2n) is 2.57. The highest BCUT2D eigenvalue weighted by molar-refractivity contribution is 5.33. The van der Waals surface area contributed by atoms with Gasteiger partial charge in [-0.15, -0.1) is 13.2 Å². The molecular formula is C9H8F4O2. The van der Waals surface area contributed by atoms with Crippen LogP contribution >= 0.6 is 0 Å². The molecule has 0 bridgehead atoms. The average Bonchev–Trinajstić information content (AvgIpc) is 2.07. The van der Waals surface area contributed by atoms with Gasteiger partial charge in [0.2, 0.25) is 0 Å². The van der Waals surface area contributed by atoms with Crippen molar-refractivity contribution in [2.75, 3.05) is 6.61 Å². The summed E-state index contributed by atoms with van der Waals surface area (Å²) in [6, 6.07) is 2.69. The highest BCUT2D eigenvalue weighted by atomic mass is 19.4. The summed E-state index contributed by atoms with van der Waals surface area (Å²) < 4.78 is 56.6. The quantitative estimate of drug-likeness (QED) is 0.734. The van der Waals surface area contributed by atoms with Crippen molar-refractivity contribution in [1.82, 2.24) is 0 Å². The number of benzene rings is 1. The summed E-state index contributed by atoms with van der Waals surface area (Å²) in [4.78, 5) is 0. The molecule has 0 N–H and O–H groups in total. The lowest BCUT2D eigenvalue weighted by molar-refractivity contribution is -0.274. The van der Waals surface area contributed by atoms with Gasteiger partial charge >= 0.3 is 6.36 Å². The van der Waals surface area contributed by atoms with E-state index in [1.165, 1.54) is 0 Å². The fourth-order valence-electron chi connectivity index (χ4n) is 0.951. The van der Waals surface area contributed by atoms with Crippen molar-refractivity contribution in [3.63, 3.8) is 0 Å². The molecule has 0 atom stereocenters. The van der Waals surface area contributed by atoms with Gasteiger partial charge in [0.25, 0.3) is 0 Å². The second kappa shape index (κ2) is 4.37. The molecule has 0 aliphatic heterocycles. The lowest BCUT2D eigenvalue weighted by Gasteiger charge is -2.10. The van der Waals surface area contributed by atoms with E-state index in [4.69, 9.17) is 4.74 Å². The Morgan fingerprint density at radius 2 is 1.93 bits per heavy atom. The third kappa shape index (κ3) is 3.65. The van der Waals surface area contributed by atoms with Gasteiger partial charge in [-0.2, -0.15) is 0 Å². The Kier molecular flexibility index (Phi) is 3.39. The summed E-state index contributed by atoms with van der Waals surface area (Å²) in [7, 11) is 0. The summed E-state index contributed by atoms with van der Waals surface area (Å²) in [5.41, 5.74) is 0. The normalized spacial score (nSPS) is 11.3. The predicted molar refractivity (Wildman–Crippen MR) is 44.3 cm³/mol. The van der Waals surface area contributed by atoms with Gasteiger partial charge in [0, 0.05) is 6.07 Å². The van der Waals surface area contributed by atoms with Gasteiger partial charge in [-0.1, -0.05) is 0 Å². The van der Waals surface area contributed by atoms with Gasteiger partial charge in [0.15, 0.2) is 11.6 Å². The zero-order valence-electron chi connectivity index (χ0n) is 7.77. The number of rotatable bonds is 3. The van der Waals surface area contributed by atoms with E-state index in [0.29, 0.717) is 6.07 Å². The van der Waals surface area contributed by atoms with Crippen LogP contribution in [0.5, 0.6) is 11.5 Å². The minimum Gasteiger partial charge on any atom is -0.491 e. The molecule has 0 aliphatic carbocycles. The molecule has 15 heavy (non-hydrogen) atoms. The van der Waals surface area contributed by atoms with Gasteiger partial charge in [0.1, 0.15) is 5.75 Å². The Labute approximate surface area is 83.4 Å². The molecule has 84 valence electrons. The molecule has 1 rings (SSSR count). The van der Waals surface area contributed by atoms with Crippen molar-refractivity contribution >= 4 is 0 Å². The maximum atomic E-state index is 13.0. The molecule has 0 saturated heterocycles. The minimum absolute atomic E-state index is 0.105. The second-order valence-corrected chi connectivity index (χ2v) is 2.57. The Morgan fingerprint density at radius 1 is 1.27 bits per heavy atom. The standard InChI is InChI=1S/C9H8F4O2/c1-2-14-8-4-3-6(5-7(8)10)15-9(11,12)13/h3-5H,2H2,1H3. The van der Waals surface area contributed by atoms with Crippen molar-refractivity contribution < 1.29 is 27.0 Å². The Morgan fingerprint density at radius 3 is 2.40 bits per heavy atom. The summed E-state index contributed by atoms with van der Waals surface area (Å²) >= 11 is 0. The van der Waals surface area contributed by atoms with Crippen LogP contribution in [0.25, 0.3) is 0 Å². The number of hydrogen-bond donors (Lipinski definition) is 0. The summed E-state index contributed by atoms with van der Waals surface area (Å²) in [6.07, 6.45) is -4.82. The molecule has 0 saturated carbocycles. The monoisotopic (exact) mass is 224 g/mol. The van der Waals surface area contributed by atoms with Gasteiger partial charge in [-0.25, -0.2) is 4.39 Å². The SMILES string of the molecule is CCOc1ccc(OC(F)(F)F)cc1F. The van der Waals surface area contributed by atoms with Crippen molar-refractivity contribution in [3.8, 4) is 11.5 Å². The van der Waals surface area contributed by atoms with E-state index >= 15 is 0 Å². The Hall–Kier alpha value is -1.46. The van der Waals surface area contributed by atoms with Crippen LogP contribution in [0.4, 0.5) is 17.6 Å². The number of alkyl halides is 3. The lowest BCUT2D eigenvalue weighted by atomic mass is 10.3. The molecule has 0 aliphatic rings. The minimum atomic E-state index is -4.82. The number of hydrogen-bond acceptors (Lipinski definition) is 2. The molecule has 0 amide bonds. The predicted octanol–water partition coefficient (Wildman–Crippen LogP) is 3.12. The van der Waals surface area contributed by atoms with Crippen LogP contribution < -0.4 is 9.47 Å². The van der Waals surface area contributed by atoms with Crippen LogP contribution in [-0.2, 0) is 0 Å². The third-order valence-electron chi connectivity index (χ3n) is 1.44. The molecule has 6 heteroatoms. The van der Waals surface area contributed by atoms with Crippen molar-refractivity contribution in [2.24, 2.45) is 0 Å². The molecular weight excluding hydrogens is 216 g/mol. The Balaban J connectivity index is 2.82. The maximum Gasteiger partial charge on any atom is 0.573 e. The molecule has 0 unspecified atom stereocenters. The van der Waals surface area contributed by atoms with E-state index in [9.17, 15) is 17.6 Å². The van der Waals surface area contributed by atoms with Crippen LogP contribution in [0.3, 0.4) is 0 Å². The van der Waals surface area contributed by atoms with E-state index < -0.39 is 17.9 Å². The molecule has 0 fully saturated rings. The molecule has 1 aromatic rings. The number of halogens is 4. The molecule has 1 aromatic carbocycles. The topological polar surface area (TPSA) is 18.5 Å². The number of ether oxygens (including phenoxy) is 2. The van der Waals surface area contributed by atoms with Crippen LogP contribution in [0.2, 0.25) is 0 Å². The highest BCUT2D eigenvalue weighted by Crippen LogP contribution is 2.27. The lowest BCUT2D eigenvalue weighted by Crippen LogP contribution is -2.17. The zero-order chi connectivity index (χ0) is 11.5. The first kappa shape index (κ1) is 11.6. The van der Waals surface area contributed by atoms with Gasteiger partial charge in [-0.3, -0.25) is 0 Å². The molecule has 0 aromatic heterocycles. The fraction of sp³-hybridized carbons (Fsp3) is 0.333. The van der Waals surface area contributed by atoms with Gasteiger partial charge < -0.3 is 9.47 Å². The average molecular weight is 224 g/mol. The summed E-state index contributed by atoms with van der Waals surface area (Å²) in [5.74, 6) is -1.60. The maximum absolute atomic E-state index is 13.0. The first-order valence-electron chi connectivity index (χ1n) is 4.10. The summed E-state index contributed by atoms with van der Waals surface area (Å²) in [6.45, 7) is 1.87. The fourth-order valence-corrected chi connectivity index (χ4v) is 0.951. The van der Waals surface area contributed by atoms with Gasteiger partial charge in [0.05, 0.1) is 6.61 Å². The first-order valence-corrected chi connectivity index (χ1v) is 4.10. The molecule has 2 nitrogen and oxygen atoms in total. The summed E-state index contributed by atoms with van der Waals surface area (Å²) in [5, 5.41) is 0.